The van der Waals surface area contributed by atoms with Gasteiger partial charge in [-0.1, -0.05) is 6.07 Å². The Kier molecular flexibility index (Phi) is 5.33. The minimum Gasteiger partial charge on any atom is -0.462 e. The quantitative estimate of drug-likeness (QED) is 0.336. The standard InChI is InChI=1S/C20H15F3INO4S/c21-15-10-12(24)2-1-11(15)9-14-17(23)16(22)13-3-8-29-19(13)18(14)25-30(27,28)20(4-5-20)6-7-26/h1-3,7-8,10,25H,4-6,9H2. The lowest BCUT2D eigenvalue weighted by atomic mass is 10.0. The van der Waals surface area contributed by atoms with Gasteiger partial charge in [0.15, 0.2) is 17.2 Å². The minimum atomic E-state index is -4.12. The summed E-state index contributed by atoms with van der Waals surface area (Å²) in [5.41, 5.74) is -0.793. The van der Waals surface area contributed by atoms with E-state index in [2.05, 4.69) is 4.72 Å². The second-order valence-corrected chi connectivity index (χ2v) is 10.5. The van der Waals surface area contributed by atoms with Gasteiger partial charge < -0.3 is 9.21 Å². The molecule has 0 amide bonds. The maximum absolute atomic E-state index is 15.0. The molecule has 0 unspecified atom stereocenters. The Balaban J connectivity index is 1.87. The van der Waals surface area contributed by atoms with Crippen LogP contribution in [0.5, 0.6) is 0 Å². The van der Waals surface area contributed by atoms with Gasteiger partial charge in [0, 0.05) is 22.0 Å². The van der Waals surface area contributed by atoms with Gasteiger partial charge in [-0.15, -0.1) is 0 Å². The van der Waals surface area contributed by atoms with Crippen LogP contribution in [0.3, 0.4) is 0 Å². The molecule has 1 fully saturated rings. The van der Waals surface area contributed by atoms with E-state index in [9.17, 15) is 26.4 Å². The van der Waals surface area contributed by atoms with E-state index in [0.29, 0.717) is 9.86 Å². The van der Waals surface area contributed by atoms with Crippen molar-refractivity contribution in [1.82, 2.24) is 0 Å². The zero-order valence-electron chi connectivity index (χ0n) is 15.3. The Morgan fingerprint density at radius 2 is 1.90 bits per heavy atom. The number of benzene rings is 2. The number of aldehydes is 1. The Morgan fingerprint density at radius 3 is 2.53 bits per heavy atom. The van der Waals surface area contributed by atoms with Gasteiger partial charge in [0.25, 0.3) is 0 Å². The van der Waals surface area contributed by atoms with Crippen molar-refractivity contribution in [2.75, 3.05) is 4.72 Å². The van der Waals surface area contributed by atoms with E-state index in [-0.39, 0.29) is 47.0 Å². The van der Waals surface area contributed by atoms with Crippen molar-refractivity contribution in [3.05, 3.63) is 62.7 Å². The zero-order chi connectivity index (χ0) is 21.7. The highest BCUT2D eigenvalue weighted by atomic mass is 127. The second-order valence-electron chi connectivity index (χ2n) is 7.22. The van der Waals surface area contributed by atoms with E-state index in [1.165, 1.54) is 18.2 Å². The maximum Gasteiger partial charge on any atom is 0.239 e. The van der Waals surface area contributed by atoms with Crippen molar-refractivity contribution in [2.45, 2.75) is 30.4 Å². The molecule has 1 heterocycles. The fourth-order valence-electron chi connectivity index (χ4n) is 3.42. The highest BCUT2D eigenvalue weighted by molar-refractivity contribution is 14.1. The van der Waals surface area contributed by atoms with Crippen molar-refractivity contribution in [3.8, 4) is 0 Å². The molecular formula is C20H15F3INO4S. The number of nitrogens with one attached hydrogen (secondary N) is 1. The third-order valence-corrected chi connectivity index (χ3v) is 8.20. The van der Waals surface area contributed by atoms with Gasteiger partial charge in [-0.3, -0.25) is 4.72 Å². The number of carbonyl (C=O) groups is 1. The van der Waals surface area contributed by atoms with Gasteiger partial charge in [0.05, 0.1) is 22.1 Å². The number of furan rings is 1. The average molecular weight is 549 g/mol. The van der Waals surface area contributed by atoms with Crippen molar-refractivity contribution < 1.29 is 30.8 Å². The highest BCUT2D eigenvalue weighted by Crippen LogP contribution is 2.47. The summed E-state index contributed by atoms with van der Waals surface area (Å²) in [5.74, 6) is -3.13. The van der Waals surface area contributed by atoms with E-state index >= 15 is 0 Å². The molecule has 0 atom stereocenters. The molecule has 2 aromatic carbocycles. The first-order valence-electron chi connectivity index (χ1n) is 8.96. The SMILES string of the molecule is O=CCC1(S(=O)(=O)Nc2c(Cc3ccc(I)cc3F)c(F)c(F)c3ccoc23)CC1. The summed E-state index contributed by atoms with van der Waals surface area (Å²) in [6.07, 6.45) is 1.55. The van der Waals surface area contributed by atoms with E-state index in [1.807, 2.05) is 22.6 Å². The van der Waals surface area contributed by atoms with Crippen LogP contribution in [0.1, 0.15) is 30.4 Å². The molecule has 0 aliphatic heterocycles. The van der Waals surface area contributed by atoms with Gasteiger partial charge in [-0.05, 0) is 59.2 Å². The van der Waals surface area contributed by atoms with Crippen LogP contribution in [0.25, 0.3) is 11.0 Å². The Labute approximate surface area is 183 Å². The lowest BCUT2D eigenvalue weighted by Crippen LogP contribution is -2.30. The molecule has 1 aliphatic rings. The number of rotatable bonds is 7. The first kappa shape index (κ1) is 21.2. The maximum atomic E-state index is 15.0. The molecule has 3 aromatic rings. The summed E-state index contributed by atoms with van der Waals surface area (Å²) in [6.45, 7) is 0. The average Bonchev–Trinajstić information content (AvgIpc) is 3.32. The fraction of sp³-hybridized carbons (Fsp3) is 0.250. The lowest BCUT2D eigenvalue weighted by Gasteiger charge is -2.19. The Bertz CT molecular complexity index is 1270. The Morgan fingerprint density at radius 1 is 1.17 bits per heavy atom. The summed E-state index contributed by atoms with van der Waals surface area (Å²) in [4.78, 5) is 10.9. The van der Waals surface area contributed by atoms with Crippen LogP contribution < -0.4 is 4.72 Å². The van der Waals surface area contributed by atoms with Crippen molar-refractivity contribution >= 4 is 55.6 Å². The molecule has 1 N–H and O–H groups in total. The predicted molar refractivity (Wildman–Crippen MR) is 113 cm³/mol. The van der Waals surface area contributed by atoms with Crippen molar-refractivity contribution in [2.24, 2.45) is 0 Å². The van der Waals surface area contributed by atoms with E-state index < -0.39 is 38.6 Å². The molecule has 0 bridgehead atoms. The van der Waals surface area contributed by atoms with Crippen LogP contribution in [0.4, 0.5) is 18.9 Å². The molecule has 1 aromatic heterocycles. The zero-order valence-corrected chi connectivity index (χ0v) is 18.3. The van der Waals surface area contributed by atoms with Gasteiger partial charge in [0.2, 0.25) is 10.0 Å². The van der Waals surface area contributed by atoms with Crippen molar-refractivity contribution in [3.63, 3.8) is 0 Å². The molecule has 0 radical (unpaired) electrons. The third kappa shape index (κ3) is 3.49. The lowest BCUT2D eigenvalue weighted by molar-refractivity contribution is -0.107. The van der Waals surface area contributed by atoms with Crippen molar-refractivity contribution in [1.29, 1.82) is 0 Å². The summed E-state index contributed by atoms with van der Waals surface area (Å²) >= 11 is 1.91. The van der Waals surface area contributed by atoms with E-state index in [1.54, 1.807) is 6.07 Å². The molecule has 10 heteroatoms. The molecule has 0 spiro atoms. The topological polar surface area (TPSA) is 76.4 Å². The minimum absolute atomic E-state index is 0.0640. The summed E-state index contributed by atoms with van der Waals surface area (Å²) in [5, 5.41) is -0.239. The first-order chi connectivity index (χ1) is 14.2. The van der Waals surface area contributed by atoms with E-state index in [0.717, 1.165) is 6.26 Å². The fourth-order valence-corrected chi connectivity index (χ4v) is 5.50. The number of anilines is 1. The number of carbonyl (C=O) groups excluding carboxylic acids is 1. The monoisotopic (exact) mass is 549 g/mol. The second kappa shape index (κ2) is 7.56. The number of hydrogen-bond acceptors (Lipinski definition) is 4. The molecule has 30 heavy (non-hydrogen) atoms. The summed E-state index contributed by atoms with van der Waals surface area (Å²) in [6, 6.07) is 5.45. The summed E-state index contributed by atoms with van der Waals surface area (Å²) in [7, 11) is -4.12. The molecule has 1 saturated carbocycles. The normalized spacial score (nSPS) is 15.3. The number of fused-ring (bicyclic) bond motifs is 1. The van der Waals surface area contributed by atoms with E-state index in [4.69, 9.17) is 4.42 Å². The molecule has 1 aliphatic carbocycles. The van der Waals surface area contributed by atoms with Crippen LogP contribution in [0.2, 0.25) is 0 Å². The van der Waals surface area contributed by atoms with Gasteiger partial charge in [-0.25, -0.2) is 21.6 Å². The van der Waals surface area contributed by atoms with Gasteiger partial charge in [0.1, 0.15) is 12.1 Å². The van der Waals surface area contributed by atoms with Gasteiger partial charge in [-0.2, -0.15) is 0 Å². The molecule has 5 nitrogen and oxygen atoms in total. The summed E-state index contributed by atoms with van der Waals surface area (Å²) < 4.78 is 76.7. The van der Waals surface area contributed by atoms with Crippen LogP contribution in [0, 0.1) is 21.0 Å². The largest absolute Gasteiger partial charge is 0.462 e. The van der Waals surface area contributed by atoms with Crippen LogP contribution >= 0.6 is 22.6 Å². The molecule has 158 valence electrons. The number of halogens is 4. The number of sulfonamides is 1. The Hall–Kier alpha value is -2.08. The first-order valence-corrected chi connectivity index (χ1v) is 11.5. The number of hydrogen-bond donors (Lipinski definition) is 1. The predicted octanol–water partition coefficient (Wildman–Crippen LogP) is 4.91. The molecule has 0 saturated heterocycles. The van der Waals surface area contributed by atoms with Crippen LogP contribution in [-0.4, -0.2) is 19.5 Å². The molecule has 4 rings (SSSR count). The third-order valence-electron chi connectivity index (χ3n) is 5.34. The van der Waals surface area contributed by atoms with Gasteiger partial charge >= 0.3 is 0 Å². The smallest absolute Gasteiger partial charge is 0.239 e. The van der Waals surface area contributed by atoms with Crippen LogP contribution in [-0.2, 0) is 21.2 Å². The van der Waals surface area contributed by atoms with Crippen LogP contribution in [0.15, 0.2) is 34.9 Å². The molecular weight excluding hydrogens is 534 g/mol. The highest BCUT2D eigenvalue weighted by Gasteiger charge is 2.54.